The van der Waals surface area contributed by atoms with E-state index in [1.54, 1.807) is 6.92 Å². The van der Waals surface area contributed by atoms with E-state index in [9.17, 15) is 4.39 Å². The third-order valence-corrected chi connectivity index (χ3v) is 3.54. The van der Waals surface area contributed by atoms with Crippen molar-refractivity contribution in [3.05, 3.63) is 0 Å². The maximum absolute atomic E-state index is 13.6. The summed E-state index contributed by atoms with van der Waals surface area (Å²) in [6, 6.07) is 0.700. The third kappa shape index (κ3) is 2.22. The first-order valence-electron chi connectivity index (χ1n) is 5.60. The van der Waals surface area contributed by atoms with Crippen LogP contribution in [0.2, 0.25) is 0 Å². The van der Waals surface area contributed by atoms with Crippen LogP contribution >= 0.6 is 0 Å². The average molecular weight is 185 g/mol. The quantitative estimate of drug-likeness (QED) is 0.607. The first kappa shape index (κ1) is 9.45. The Balaban J connectivity index is 1.87. The Morgan fingerprint density at radius 3 is 2.46 bits per heavy atom. The van der Waals surface area contributed by atoms with E-state index in [1.807, 2.05) is 0 Å². The summed E-state index contributed by atoms with van der Waals surface area (Å²) >= 11 is 0. The van der Waals surface area contributed by atoms with Gasteiger partial charge < -0.3 is 0 Å². The van der Waals surface area contributed by atoms with Gasteiger partial charge in [-0.2, -0.15) is 0 Å². The van der Waals surface area contributed by atoms with Crippen LogP contribution in [0, 0.1) is 0 Å². The van der Waals surface area contributed by atoms with Gasteiger partial charge in [0.1, 0.15) is 5.67 Å². The van der Waals surface area contributed by atoms with Crippen molar-refractivity contribution in [2.75, 3.05) is 13.1 Å². The fraction of sp³-hybridized carbons (Fsp3) is 1.00. The topological polar surface area (TPSA) is 3.24 Å². The molecule has 1 saturated heterocycles. The molecule has 76 valence electrons. The normalized spacial score (nSPS) is 38.3. The zero-order chi connectivity index (χ0) is 9.31. The molecule has 0 spiro atoms. The molecule has 2 heteroatoms. The number of rotatable bonds is 1. The van der Waals surface area contributed by atoms with Crippen molar-refractivity contribution in [1.82, 2.24) is 4.90 Å². The molecule has 1 aliphatic heterocycles. The van der Waals surface area contributed by atoms with Gasteiger partial charge >= 0.3 is 0 Å². The number of hydrogen-bond donors (Lipinski definition) is 0. The lowest BCUT2D eigenvalue weighted by molar-refractivity contribution is 0.143. The van der Waals surface area contributed by atoms with Crippen molar-refractivity contribution in [1.29, 1.82) is 0 Å². The van der Waals surface area contributed by atoms with Crippen molar-refractivity contribution in [3.8, 4) is 0 Å². The minimum atomic E-state index is -0.905. The van der Waals surface area contributed by atoms with Crippen LogP contribution in [0.1, 0.15) is 45.4 Å². The van der Waals surface area contributed by atoms with E-state index in [4.69, 9.17) is 0 Å². The highest BCUT2D eigenvalue weighted by atomic mass is 19.1. The molecule has 1 atom stereocenters. The zero-order valence-electron chi connectivity index (χ0n) is 8.56. The zero-order valence-corrected chi connectivity index (χ0v) is 8.56. The second kappa shape index (κ2) is 3.56. The molecule has 2 aliphatic rings. The van der Waals surface area contributed by atoms with Gasteiger partial charge in [-0.1, -0.05) is 19.3 Å². The van der Waals surface area contributed by atoms with E-state index in [0.29, 0.717) is 12.6 Å². The summed E-state index contributed by atoms with van der Waals surface area (Å²) in [4.78, 5) is 2.37. The van der Waals surface area contributed by atoms with Crippen LogP contribution in [0.15, 0.2) is 0 Å². The van der Waals surface area contributed by atoms with Crippen LogP contribution in [-0.4, -0.2) is 29.7 Å². The van der Waals surface area contributed by atoms with Crippen molar-refractivity contribution >= 4 is 0 Å². The van der Waals surface area contributed by atoms with Crippen LogP contribution in [0.3, 0.4) is 0 Å². The number of halogens is 1. The van der Waals surface area contributed by atoms with E-state index in [0.717, 1.165) is 13.0 Å². The Bertz CT molecular complexity index is 173. The summed E-state index contributed by atoms with van der Waals surface area (Å²) in [6.07, 6.45) is 7.43. The molecule has 2 fully saturated rings. The van der Waals surface area contributed by atoms with Gasteiger partial charge in [0, 0.05) is 19.1 Å². The molecule has 0 radical (unpaired) electrons. The Labute approximate surface area is 80.3 Å². The highest BCUT2D eigenvalue weighted by molar-refractivity contribution is 4.90. The first-order chi connectivity index (χ1) is 6.17. The minimum Gasteiger partial charge on any atom is -0.297 e. The summed E-state index contributed by atoms with van der Waals surface area (Å²) in [5.74, 6) is 0. The standard InChI is InChI=1S/C11H20FN/c1-11(12)7-8-13(9-11)10-5-3-2-4-6-10/h10H,2-9H2,1H3. The van der Waals surface area contributed by atoms with Gasteiger partial charge in [-0.15, -0.1) is 0 Å². The van der Waals surface area contributed by atoms with E-state index in [2.05, 4.69) is 4.90 Å². The number of alkyl halides is 1. The largest absolute Gasteiger partial charge is 0.297 e. The maximum Gasteiger partial charge on any atom is 0.122 e. The predicted octanol–water partition coefficient (Wildman–Crippen LogP) is 2.75. The molecule has 0 aromatic carbocycles. The van der Waals surface area contributed by atoms with Gasteiger partial charge in [0.25, 0.3) is 0 Å². The lowest BCUT2D eigenvalue weighted by Gasteiger charge is -2.31. The second-order valence-corrected chi connectivity index (χ2v) is 4.93. The van der Waals surface area contributed by atoms with Gasteiger partial charge in [0.2, 0.25) is 0 Å². The molecule has 2 rings (SSSR count). The van der Waals surface area contributed by atoms with Crippen LogP contribution in [0.4, 0.5) is 4.39 Å². The van der Waals surface area contributed by atoms with Crippen LogP contribution < -0.4 is 0 Å². The Morgan fingerprint density at radius 2 is 1.92 bits per heavy atom. The van der Waals surface area contributed by atoms with Gasteiger partial charge in [0.15, 0.2) is 0 Å². The van der Waals surface area contributed by atoms with E-state index < -0.39 is 5.67 Å². The Hall–Kier alpha value is -0.110. The highest BCUT2D eigenvalue weighted by Gasteiger charge is 2.36. The Morgan fingerprint density at radius 1 is 1.23 bits per heavy atom. The van der Waals surface area contributed by atoms with Crippen LogP contribution in [-0.2, 0) is 0 Å². The van der Waals surface area contributed by atoms with Gasteiger partial charge in [0.05, 0.1) is 0 Å². The minimum absolute atomic E-state index is 0.678. The number of hydrogen-bond acceptors (Lipinski definition) is 1. The molecular formula is C11H20FN. The molecule has 1 nitrogen and oxygen atoms in total. The van der Waals surface area contributed by atoms with Crippen LogP contribution in [0.5, 0.6) is 0 Å². The van der Waals surface area contributed by atoms with E-state index in [-0.39, 0.29) is 0 Å². The summed E-state index contributed by atoms with van der Waals surface area (Å²) in [5, 5.41) is 0. The molecule has 0 aromatic rings. The molecule has 0 amide bonds. The summed E-state index contributed by atoms with van der Waals surface area (Å²) < 4.78 is 13.6. The molecule has 1 aliphatic carbocycles. The highest BCUT2D eigenvalue weighted by Crippen LogP contribution is 2.31. The van der Waals surface area contributed by atoms with E-state index in [1.165, 1.54) is 32.1 Å². The van der Waals surface area contributed by atoms with E-state index >= 15 is 0 Å². The van der Waals surface area contributed by atoms with Crippen molar-refractivity contribution in [2.24, 2.45) is 0 Å². The molecule has 0 bridgehead atoms. The van der Waals surface area contributed by atoms with Crippen molar-refractivity contribution < 1.29 is 4.39 Å². The summed E-state index contributed by atoms with van der Waals surface area (Å²) in [6.45, 7) is 3.41. The molecule has 13 heavy (non-hydrogen) atoms. The summed E-state index contributed by atoms with van der Waals surface area (Å²) in [5.41, 5.74) is -0.905. The molecular weight excluding hydrogens is 165 g/mol. The predicted molar refractivity (Wildman–Crippen MR) is 52.6 cm³/mol. The molecule has 1 saturated carbocycles. The number of likely N-dealkylation sites (tertiary alicyclic amines) is 1. The first-order valence-corrected chi connectivity index (χ1v) is 5.60. The smallest absolute Gasteiger partial charge is 0.122 e. The lowest BCUT2D eigenvalue weighted by atomic mass is 9.94. The molecule has 0 N–H and O–H groups in total. The monoisotopic (exact) mass is 185 g/mol. The molecule has 1 heterocycles. The fourth-order valence-corrected chi connectivity index (χ4v) is 2.72. The number of nitrogens with zero attached hydrogens (tertiary/aromatic N) is 1. The fourth-order valence-electron chi connectivity index (χ4n) is 2.72. The van der Waals surface area contributed by atoms with Gasteiger partial charge in [-0.25, -0.2) is 4.39 Å². The summed E-state index contributed by atoms with van der Waals surface area (Å²) in [7, 11) is 0. The van der Waals surface area contributed by atoms with Crippen molar-refractivity contribution in [3.63, 3.8) is 0 Å². The lowest BCUT2D eigenvalue weighted by Crippen LogP contribution is -2.36. The average Bonchev–Trinajstić information content (AvgIpc) is 2.48. The third-order valence-electron chi connectivity index (χ3n) is 3.54. The van der Waals surface area contributed by atoms with Gasteiger partial charge in [-0.3, -0.25) is 4.90 Å². The van der Waals surface area contributed by atoms with Crippen LogP contribution in [0.25, 0.3) is 0 Å². The van der Waals surface area contributed by atoms with Crippen molar-refractivity contribution in [2.45, 2.75) is 57.2 Å². The Kier molecular flexibility index (Phi) is 2.59. The SMILES string of the molecule is CC1(F)CCN(C2CCCCC2)C1. The maximum atomic E-state index is 13.6. The van der Waals surface area contributed by atoms with Gasteiger partial charge in [-0.05, 0) is 26.2 Å². The second-order valence-electron chi connectivity index (χ2n) is 4.93. The molecule has 1 unspecified atom stereocenters. The molecule has 0 aromatic heterocycles.